The molecule has 0 atom stereocenters. The van der Waals surface area contributed by atoms with Crippen molar-refractivity contribution in [2.45, 2.75) is 20.3 Å². The van der Waals surface area contributed by atoms with E-state index in [1.807, 2.05) is 13.8 Å². The maximum absolute atomic E-state index is 11.9. The second-order valence-electron chi connectivity index (χ2n) is 4.70. The molecule has 6 nitrogen and oxygen atoms in total. The van der Waals surface area contributed by atoms with Crippen molar-refractivity contribution in [2.24, 2.45) is 5.92 Å². The van der Waals surface area contributed by atoms with Crippen LogP contribution in [0.4, 0.5) is 0 Å². The molecule has 0 unspecified atom stereocenters. The highest BCUT2D eigenvalue weighted by atomic mass is 16.5. The first kappa shape index (κ1) is 15.8. The van der Waals surface area contributed by atoms with Gasteiger partial charge in [-0.2, -0.15) is 0 Å². The zero-order valence-corrected chi connectivity index (χ0v) is 12.1. The molecule has 0 heterocycles. The van der Waals surface area contributed by atoms with Gasteiger partial charge >= 0.3 is 0 Å². The summed E-state index contributed by atoms with van der Waals surface area (Å²) in [5.74, 6) is 0.567. The number of benzene rings is 1. The van der Waals surface area contributed by atoms with Crippen LogP contribution in [0.1, 0.15) is 30.6 Å². The number of carbonyl (C=O) groups excluding carboxylic acids is 2. The number of hydrogen-bond acceptors (Lipinski definition) is 4. The molecule has 0 bridgehead atoms. The van der Waals surface area contributed by atoms with E-state index < -0.39 is 5.91 Å². The summed E-state index contributed by atoms with van der Waals surface area (Å²) in [6, 6.07) is 4.78. The summed E-state index contributed by atoms with van der Waals surface area (Å²) in [4.78, 5) is 23.4. The van der Waals surface area contributed by atoms with Crippen molar-refractivity contribution in [3.05, 3.63) is 23.8 Å². The van der Waals surface area contributed by atoms with Gasteiger partial charge in [-0.15, -0.1) is 0 Å². The molecule has 0 aliphatic carbocycles. The fourth-order valence-electron chi connectivity index (χ4n) is 1.56. The largest absolute Gasteiger partial charge is 0.497 e. The molecule has 2 amide bonds. The summed E-state index contributed by atoms with van der Waals surface area (Å²) < 4.78 is 10.2. The highest BCUT2D eigenvalue weighted by molar-refractivity contribution is 5.96. The highest BCUT2D eigenvalue weighted by Gasteiger charge is 2.11. The number of hydrazine groups is 1. The molecule has 2 N–H and O–H groups in total. The molecule has 0 aliphatic rings. The van der Waals surface area contributed by atoms with E-state index in [0.29, 0.717) is 23.5 Å². The first-order chi connectivity index (χ1) is 9.46. The van der Waals surface area contributed by atoms with Gasteiger partial charge in [-0.3, -0.25) is 20.4 Å². The monoisotopic (exact) mass is 280 g/mol. The average Bonchev–Trinajstić information content (AvgIpc) is 2.43. The van der Waals surface area contributed by atoms with Crippen molar-refractivity contribution >= 4 is 11.8 Å². The van der Waals surface area contributed by atoms with Crippen LogP contribution in [0.25, 0.3) is 0 Å². The van der Waals surface area contributed by atoms with Crippen molar-refractivity contribution in [3.63, 3.8) is 0 Å². The maximum Gasteiger partial charge on any atom is 0.269 e. The minimum absolute atomic E-state index is 0.226. The Balaban J connectivity index is 2.69. The lowest BCUT2D eigenvalue weighted by molar-refractivity contribution is -0.122. The molecule has 0 radical (unpaired) electrons. The topological polar surface area (TPSA) is 76.7 Å². The second-order valence-corrected chi connectivity index (χ2v) is 4.70. The van der Waals surface area contributed by atoms with E-state index in [1.54, 1.807) is 18.2 Å². The summed E-state index contributed by atoms with van der Waals surface area (Å²) in [6.45, 7) is 3.85. The fourth-order valence-corrected chi connectivity index (χ4v) is 1.56. The van der Waals surface area contributed by atoms with Gasteiger partial charge in [0.25, 0.3) is 5.91 Å². The van der Waals surface area contributed by atoms with E-state index in [1.165, 1.54) is 14.2 Å². The summed E-state index contributed by atoms with van der Waals surface area (Å²) in [7, 11) is 3.00. The Morgan fingerprint density at radius 1 is 1.05 bits per heavy atom. The molecular weight excluding hydrogens is 260 g/mol. The summed E-state index contributed by atoms with van der Waals surface area (Å²) in [5, 5.41) is 0. The van der Waals surface area contributed by atoms with Crippen molar-refractivity contribution in [1.29, 1.82) is 0 Å². The molecule has 1 aromatic carbocycles. The van der Waals surface area contributed by atoms with E-state index in [4.69, 9.17) is 9.47 Å². The number of carbonyl (C=O) groups is 2. The van der Waals surface area contributed by atoms with E-state index >= 15 is 0 Å². The molecule has 110 valence electrons. The molecule has 0 spiro atoms. The third-order valence-corrected chi connectivity index (χ3v) is 2.52. The number of rotatable bonds is 5. The van der Waals surface area contributed by atoms with Crippen LogP contribution in [0, 0.1) is 5.92 Å². The Morgan fingerprint density at radius 3 is 2.05 bits per heavy atom. The molecule has 0 aliphatic heterocycles. The number of ether oxygens (including phenoxy) is 2. The molecule has 20 heavy (non-hydrogen) atoms. The lowest BCUT2D eigenvalue weighted by atomic mass is 10.1. The molecule has 0 saturated heterocycles. The van der Waals surface area contributed by atoms with Crippen LogP contribution in [0.3, 0.4) is 0 Å². The number of nitrogens with one attached hydrogen (secondary N) is 2. The van der Waals surface area contributed by atoms with Crippen LogP contribution in [-0.4, -0.2) is 26.0 Å². The Hall–Kier alpha value is -2.24. The number of methoxy groups -OCH3 is 2. The summed E-state index contributed by atoms with van der Waals surface area (Å²) >= 11 is 0. The Labute approximate surface area is 118 Å². The first-order valence-electron chi connectivity index (χ1n) is 6.28. The highest BCUT2D eigenvalue weighted by Crippen LogP contribution is 2.22. The molecule has 6 heteroatoms. The van der Waals surface area contributed by atoms with Crippen LogP contribution >= 0.6 is 0 Å². The van der Waals surface area contributed by atoms with Crippen molar-refractivity contribution in [1.82, 2.24) is 10.9 Å². The van der Waals surface area contributed by atoms with Gasteiger partial charge < -0.3 is 9.47 Å². The van der Waals surface area contributed by atoms with Gasteiger partial charge in [-0.25, -0.2) is 0 Å². The quantitative estimate of drug-likeness (QED) is 0.802. The van der Waals surface area contributed by atoms with Gasteiger partial charge in [0.1, 0.15) is 11.5 Å². The van der Waals surface area contributed by atoms with Crippen LogP contribution in [0.5, 0.6) is 11.5 Å². The van der Waals surface area contributed by atoms with Gasteiger partial charge in [0.15, 0.2) is 0 Å². The molecule has 0 saturated carbocycles. The van der Waals surface area contributed by atoms with Crippen molar-refractivity contribution < 1.29 is 19.1 Å². The lowest BCUT2D eigenvalue weighted by Crippen LogP contribution is -2.42. The minimum atomic E-state index is -0.431. The summed E-state index contributed by atoms with van der Waals surface area (Å²) in [6.07, 6.45) is 0.349. The normalized spacial score (nSPS) is 10.1. The predicted molar refractivity (Wildman–Crippen MR) is 74.6 cm³/mol. The molecule has 0 fully saturated rings. The fraction of sp³-hybridized carbons (Fsp3) is 0.429. The van der Waals surface area contributed by atoms with E-state index in [0.717, 1.165) is 0 Å². The number of amides is 2. The first-order valence-corrected chi connectivity index (χ1v) is 6.28. The van der Waals surface area contributed by atoms with E-state index in [9.17, 15) is 9.59 Å². The Bertz CT molecular complexity index is 464. The third kappa shape index (κ3) is 4.79. The molecular formula is C14H20N2O4. The zero-order valence-electron chi connectivity index (χ0n) is 12.1. The van der Waals surface area contributed by atoms with Gasteiger partial charge in [-0.05, 0) is 18.1 Å². The van der Waals surface area contributed by atoms with Gasteiger partial charge in [-0.1, -0.05) is 13.8 Å². The van der Waals surface area contributed by atoms with Crippen LogP contribution < -0.4 is 20.3 Å². The van der Waals surface area contributed by atoms with E-state index in [2.05, 4.69) is 10.9 Å². The minimum Gasteiger partial charge on any atom is -0.497 e. The van der Waals surface area contributed by atoms with Crippen LogP contribution in [-0.2, 0) is 4.79 Å². The zero-order chi connectivity index (χ0) is 15.1. The van der Waals surface area contributed by atoms with Gasteiger partial charge in [0.2, 0.25) is 5.91 Å². The second kappa shape index (κ2) is 7.37. The predicted octanol–water partition coefficient (Wildman–Crippen LogP) is 1.51. The smallest absolute Gasteiger partial charge is 0.269 e. The SMILES string of the molecule is COc1cc(OC)cc(C(=O)NNC(=O)CC(C)C)c1. The Morgan fingerprint density at radius 2 is 1.60 bits per heavy atom. The molecule has 1 aromatic rings. The van der Waals surface area contributed by atoms with Crippen molar-refractivity contribution in [2.75, 3.05) is 14.2 Å². The van der Waals surface area contributed by atoms with Crippen LogP contribution in [0.2, 0.25) is 0 Å². The van der Waals surface area contributed by atoms with E-state index in [-0.39, 0.29) is 11.8 Å². The number of hydrogen-bond donors (Lipinski definition) is 2. The van der Waals surface area contributed by atoms with Gasteiger partial charge in [0.05, 0.1) is 14.2 Å². The standard InChI is InChI=1S/C14H20N2O4/c1-9(2)5-13(17)15-16-14(18)10-6-11(19-3)8-12(7-10)20-4/h6-9H,5H2,1-4H3,(H,15,17)(H,16,18). The molecule has 1 rings (SSSR count). The van der Waals surface area contributed by atoms with Crippen LogP contribution in [0.15, 0.2) is 18.2 Å². The summed E-state index contributed by atoms with van der Waals surface area (Å²) in [5.41, 5.74) is 5.06. The average molecular weight is 280 g/mol. The Kier molecular flexibility index (Phi) is 5.83. The maximum atomic E-state index is 11.9. The van der Waals surface area contributed by atoms with Gasteiger partial charge in [0, 0.05) is 18.1 Å². The lowest BCUT2D eigenvalue weighted by Gasteiger charge is -2.10. The third-order valence-electron chi connectivity index (χ3n) is 2.52. The molecule has 0 aromatic heterocycles. The van der Waals surface area contributed by atoms with Crippen molar-refractivity contribution in [3.8, 4) is 11.5 Å².